The maximum Gasteiger partial charge on any atom is 0.295 e. The third-order valence-corrected chi connectivity index (χ3v) is 2.58. The van der Waals surface area contributed by atoms with E-state index < -0.39 is 10.7 Å². The lowest BCUT2D eigenvalue weighted by Crippen LogP contribution is -2.04. The number of hydrogen-bond acceptors (Lipinski definition) is 4. The van der Waals surface area contributed by atoms with Crippen LogP contribution in [0.5, 0.6) is 0 Å². The Bertz CT molecular complexity index is 580. The van der Waals surface area contributed by atoms with E-state index in [0.717, 1.165) is 5.56 Å². The van der Waals surface area contributed by atoms with Crippen LogP contribution >= 0.6 is 0 Å². The Labute approximate surface area is 102 Å². The quantitative estimate of drug-likeness (QED) is 0.668. The van der Waals surface area contributed by atoms with Gasteiger partial charge in [-0.3, -0.25) is 10.1 Å². The highest BCUT2D eigenvalue weighted by atomic mass is 19.1. The summed E-state index contributed by atoms with van der Waals surface area (Å²) in [4.78, 5) is 10.2. The highest BCUT2D eigenvalue weighted by Crippen LogP contribution is 2.27. The van der Waals surface area contributed by atoms with Gasteiger partial charge in [0.1, 0.15) is 11.4 Å². The molecule has 2 rings (SSSR count). The number of para-hydroxylation sites is 1. The summed E-state index contributed by atoms with van der Waals surface area (Å²) in [6.45, 7) is 2.04. The topological polar surface area (TPSA) is 68.3 Å². The van der Waals surface area contributed by atoms with E-state index in [0.29, 0.717) is 5.76 Å². The summed E-state index contributed by atoms with van der Waals surface area (Å²) in [5, 5.41) is 13.5. The van der Waals surface area contributed by atoms with Gasteiger partial charge in [0.15, 0.2) is 5.82 Å². The van der Waals surface area contributed by atoms with Crippen molar-refractivity contribution in [2.45, 2.75) is 13.5 Å². The zero-order valence-electron chi connectivity index (χ0n) is 9.64. The molecule has 0 aliphatic rings. The fraction of sp³-hybridized carbons (Fsp3) is 0.167. The third kappa shape index (κ3) is 2.32. The number of furan rings is 1. The minimum atomic E-state index is -0.659. The zero-order chi connectivity index (χ0) is 13.1. The van der Waals surface area contributed by atoms with E-state index in [1.165, 1.54) is 24.5 Å². The summed E-state index contributed by atoms with van der Waals surface area (Å²) in [6, 6.07) is 5.49. The van der Waals surface area contributed by atoms with Gasteiger partial charge in [-0.2, -0.15) is 0 Å². The van der Waals surface area contributed by atoms with Crippen molar-refractivity contribution in [2.75, 3.05) is 5.32 Å². The van der Waals surface area contributed by atoms with E-state index in [1.54, 1.807) is 6.07 Å². The molecule has 18 heavy (non-hydrogen) atoms. The van der Waals surface area contributed by atoms with Gasteiger partial charge >= 0.3 is 0 Å². The summed E-state index contributed by atoms with van der Waals surface area (Å²) in [6.07, 6.45) is 1.52. The number of nitrogens with zero attached hydrogens (tertiary/aromatic N) is 1. The molecule has 0 fully saturated rings. The first-order chi connectivity index (χ1) is 8.59. The molecule has 0 aliphatic heterocycles. The number of benzene rings is 1. The molecule has 0 atom stereocenters. The Kier molecular flexibility index (Phi) is 3.27. The van der Waals surface area contributed by atoms with Crippen molar-refractivity contribution < 1.29 is 13.7 Å². The largest absolute Gasteiger partial charge is 0.467 e. The minimum absolute atomic E-state index is 0.127. The van der Waals surface area contributed by atoms with E-state index in [2.05, 4.69) is 5.32 Å². The van der Waals surface area contributed by atoms with E-state index >= 15 is 0 Å². The van der Waals surface area contributed by atoms with Gasteiger partial charge in [0.05, 0.1) is 17.7 Å². The van der Waals surface area contributed by atoms with Gasteiger partial charge in [-0.1, -0.05) is 6.07 Å². The average molecular weight is 250 g/mol. The fourth-order valence-corrected chi connectivity index (χ4v) is 1.59. The number of anilines is 1. The van der Waals surface area contributed by atoms with Crippen LogP contribution in [0.25, 0.3) is 0 Å². The predicted octanol–water partition coefficient (Wildman–Crippen LogP) is 3.25. The molecule has 94 valence electrons. The van der Waals surface area contributed by atoms with Crippen LogP contribution in [0.2, 0.25) is 0 Å². The van der Waals surface area contributed by atoms with Crippen molar-refractivity contribution >= 4 is 11.4 Å². The lowest BCUT2D eigenvalue weighted by Gasteiger charge is -2.07. The van der Waals surface area contributed by atoms with Crippen LogP contribution in [0.15, 0.2) is 34.9 Å². The SMILES string of the molecule is Cc1ccoc1CNc1c(F)cccc1[N+](=O)[O-]. The molecule has 0 unspecified atom stereocenters. The van der Waals surface area contributed by atoms with E-state index in [1.807, 2.05) is 6.92 Å². The molecule has 0 saturated heterocycles. The molecule has 1 N–H and O–H groups in total. The molecule has 0 spiro atoms. The molecular formula is C12H11FN2O3. The Morgan fingerprint density at radius 3 is 2.83 bits per heavy atom. The van der Waals surface area contributed by atoms with Crippen molar-refractivity contribution in [1.29, 1.82) is 0 Å². The van der Waals surface area contributed by atoms with Crippen molar-refractivity contribution in [3.8, 4) is 0 Å². The van der Waals surface area contributed by atoms with Gasteiger partial charge < -0.3 is 9.73 Å². The Hall–Kier alpha value is -2.37. The van der Waals surface area contributed by atoms with Gasteiger partial charge in [0.2, 0.25) is 0 Å². The van der Waals surface area contributed by atoms with Crippen LogP contribution in [0.1, 0.15) is 11.3 Å². The Morgan fingerprint density at radius 1 is 1.44 bits per heavy atom. The number of halogens is 1. The molecule has 6 heteroatoms. The third-order valence-electron chi connectivity index (χ3n) is 2.58. The van der Waals surface area contributed by atoms with E-state index in [9.17, 15) is 14.5 Å². The molecule has 1 aromatic heterocycles. The predicted molar refractivity (Wildman–Crippen MR) is 63.8 cm³/mol. The first kappa shape index (κ1) is 12.1. The standard InChI is InChI=1S/C12H11FN2O3/c1-8-5-6-18-11(8)7-14-12-9(13)3-2-4-10(12)15(16)17/h2-6,14H,7H2,1H3. The number of nitrogens with one attached hydrogen (secondary N) is 1. The number of nitro benzene ring substituents is 1. The number of hydrogen-bond donors (Lipinski definition) is 1. The summed E-state index contributed by atoms with van der Waals surface area (Å²) < 4.78 is 18.7. The normalized spacial score (nSPS) is 10.3. The fourth-order valence-electron chi connectivity index (χ4n) is 1.59. The molecular weight excluding hydrogens is 239 g/mol. The van der Waals surface area contributed by atoms with Gasteiger partial charge in [0.25, 0.3) is 5.69 Å². The van der Waals surface area contributed by atoms with Crippen molar-refractivity contribution in [3.05, 3.63) is 57.8 Å². The maximum absolute atomic E-state index is 13.5. The first-order valence-electron chi connectivity index (χ1n) is 5.29. The lowest BCUT2D eigenvalue weighted by atomic mass is 10.2. The maximum atomic E-state index is 13.5. The molecule has 0 saturated carbocycles. The van der Waals surface area contributed by atoms with Crippen LogP contribution in [0, 0.1) is 22.9 Å². The van der Waals surface area contributed by atoms with E-state index in [4.69, 9.17) is 4.42 Å². The molecule has 0 bridgehead atoms. The molecule has 1 aromatic carbocycles. The smallest absolute Gasteiger partial charge is 0.295 e. The van der Waals surface area contributed by atoms with Crippen LogP contribution in [-0.2, 0) is 6.54 Å². The molecule has 2 aromatic rings. The molecule has 1 heterocycles. The van der Waals surface area contributed by atoms with Crippen LogP contribution < -0.4 is 5.32 Å². The highest BCUT2D eigenvalue weighted by molar-refractivity contribution is 5.62. The number of rotatable bonds is 4. The van der Waals surface area contributed by atoms with Crippen LogP contribution in [-0.4, -0.2) is 4.92 Å². The summed E-state index contributed by atoms with van der Waals surface area (Å²) in [7, 11) is 0. The molecule has 0 aliphatic carbocycles. The number of nitro groups is 1. The highest BCUT2D eigenvalue weighted by Gasteiger charge is 2.17. The van der Waals surface area contributed by atoms with Gasteiger partial charge in [0, 0.05) is 6.07 Å². The molecule has 0 amide bonds. The Balaban J connectivity index is 2.24. The summed E-state index contributed by atoms with van der Waals surface area (Å²) in [5.74, 6) is -0.0408. The summed E-state index contributed by atoms with van der Waals surface area (Å²) in [5.41, 5.74) is 0.485. The number of aryl methyl sites for hydroxylation is 1. The van der Waals surface area contributed by atoms with Crippen LogP contribution in [0.4, 0.5) is 15.8 Å². The molecule has 5 nitrogen and oxygen atoms in total. The lowest BCUT2D eigenvalue weighted by molar-refractivity contribution is -0.384. The van der Waals surface area contributed by atoms with Gasteiger partial charge in [-0.15, -0.1) is 0 Å². The second-order valence-corrected chi connectivity index (χ2v) is 3.77. The first-order valence-corrected chi connectivity index (χ1v) is 5.29. The van der Waals surface area contributed by atoms with Crippen molar-refractivity contribution in [3.63, 3.8) is 0 Å². The zero-order valence-corrected chi connectivity index (χ0v) is 9.64. The van der Waals surface area contributed by atoms with Gasteiger partial charge in [-0.25, -0.2) is 4.39 Å². The monoisotopic (exact) mass is 250 g/mol. The Morgan fingerprint density at radius 2 is 2.22 bits per heavy atom. The average Bonchev–Trinajstić information content (AvgIpc) is 2.73. The summed E-state index contributed by atoms with van der Waals surface area (Å²) >= 11 is 0. The van der Waals surface area contributed by atoms with Crippen molar-refractivity contribution in [1.82, 2.24) is 0 Å². The van der Waals surface area contributed by atoms with Gasteiger partial charge in [-0.05, 0) is 24.6 Å². The molecule has 0 radical (unpaired) electrons. The minimum Gasteiger partial charge on any atom is -0.467 e. The van der Waals surface area contributed by atoms with Crippen LogP contribution in [0.3, 0.4) is 0 Å². The second-order valence-electron chi connectivity index (χ2n) is 3.77. The van der Waals surface area contributed by atoms with Crippen molar-refractivity contribution in [2.24, 2.45) is 0 Å². The van der Waals surface area contributed by atoms with E-state index in [-0.39, 0.29) is 17.9 Å². The second kappa shape index (κ2) is 4.87.